The fourth-order valence-corrected chi connectivity index (χ4v) is 3.06. The predicted octanol–water partition coefficient (Wildman–Crippen LogP) is 2.55. The zero-order valence-electron chi connectivity index (χ0n) is 14.9. The van der Waals surface area contributed by atoms with Gasteiger partial charge in [0.15, 0.2) is 5.65 Å². The maximum Gasteiger partial charge on any atom is 0.343 e. The van der Waals surface area contributed by atoms with E-state index in [2.05, 4.69) is 20.4 Å². The average Bonchev–Trinajstić information content (AvgIpc) is 3.32. The van der Waals surface area contributed by atoms with Crippen LogP contribution in [0.25, 0.3) is 5.65 Å². The summed E-state index contributed by atoms with van der Waals surface area (Å²) >= 11 is 0. The SMILES string of the molecule is CCOC(=O)c1cnn2ccc(NC3(c4cc(F)cnc4OC)CC3)nc12. The molecule has 1 saturated carbocycles. The minimum absolute atomic E-state index is 0.267. The molecular weight excluding hydrogens is 353 g/mol. The summed E-state index contributed by atoms with van der Waals surface area (Å²) in [5, 5.41) is 7.45. The molecule has 8 nitrogen and oxygen atoms in total. The predicted molar refractivity (Wildman–Crippen MR) is 94.2 cm³/mol. The van der Waals surface area contributed by atoms with Crippen LogP contribution in [0.5, 0.6) is 5.88 Å². The standard InChI is InChI=1S/C18H18FN5O3/c1-3-27-17(25)12-10-21-24-7-4-14(22-15(12)24)23-18(5-6-18)13-8-11(19)9-20-16(13)26-2/h4,7-10H,3,5-6H2,1-2H3,(H,22,23). The van der Waals surface area contributed by atoms with E-state index in [-0.39, 0.29) is 12.2 Å². The van der Waals surface area contributed by atoms with Crippen molar-refractivity contribution in [2.24, 2.45) is 0 Å². The third kappa shape index (κ3) is 3.05. The number of esters is 1. The Morgan fingerprint density at radius 3 is 2.93 bits per heavy atom. The third-order valence-corrected chi connectivity index (χ3v) is 4.51. The van der Waals surface area contributed by atoms with Crippen molar-refractivity contribution in [3.63, 3.8) is 0 Å². The van der Waals surface area contributed by atoms with Gasteiger partial charge in [0.05, 0.1) is 31.6 Å². The van der Waals surface area contributed by atoms with Crippen LogP contribution in [0.1, 0.15) is 35.7 Å². The van der Waals surface area contributed by atoms with Crippen LogP contribution in [0.3, 0.4) is 0 Å². The normalized spacial score (nSPS) is 14.8. The topological polar surface area (TPSA) is 90.6 Å². The van der Waals surface area contributed by atoms with E-state index in [1.807, 2.05) is 0 Å². The number of carbonyl (C=O) groups excluding carboxylic acids is 1. The van der Waals surface area contributed by atoms with Crippen molar-refractivity contribution < 1.29 is 18.7 Å². The summed E-state index contributed by atoms with van der Waals surface area (Å²) in [5.74, 6) is 0.00775. The fourth-order valence-electron chi connectivity index (χ4n) is 3.06. The highest BCUT2D eigenvalue weighted by Gasteiger charge is 2.47. The lowest BCUT2D eigenvalue weighted by molar-refractivity contribution is 0.0528. The molecule has 0 radical (unpaired) electrons. The molecule has 3 heterocycles. The molecule has 1 aliphatic rings. The minimum atomic E-state index is -0.504. The highest BCUT2D eigenvalue weighted by Crippen LogP contribution is 2.50. The highest BCUT2D eigenvalue weighted by molar-refractivity contribution is 5.95. The second kappa shape index (κ2) is 6.49. The van der Waals surface area contributed by atoms with E-state index >= 15 is 0 Å². The molecular formula is C18H18FN5O3. The van der Waals surface area contributed by atoms with Crippen LogP contribution in [0.2, 0.25) is 0 Å². The molecule has 0 aliphatic heterocycles. The van der Waals surface area contributed by atoms with E-state index in [0.717, 1.165) is 19.0 Å². The third-order valence-electron chi connectivity index (χ3n) is 4.51. The Labute approximate surface area is 154 Å². The lowest BCUT2D eigenvalue weighted by atomic mass is 10.1. The molecule has 0 amide bonds. The number of methoxy groups -OCH3 is 1. The van der Waals surface area contributed by atoms with Gasteiger partial charge < -0.3 is 14.8 Å². The van der Waals surface area contributed by atoms with E-state index < -0.39 is 17.3 Å². The summed E-state index contributed by atoms with van der Waals surface area (Å²) in [6.45, 7) is 2.00. The molecule has 9 heteroatoms. The smallest absolute Gasteiger partial charge is 0.343 e. The summed E-state index contributed by atoms with van der Waals surface area (Å²) < 4.78 is 25.6. The van der Waals surface area contributed by atoms with Crippen molar-refractivity contribution in [2.45, 2.75) is 25.3 Å². The van der Waals surface area contributed by atoms with Gasteiger partial charge in [-0.25, -0.2) is 23.7 Å². The molecule has 3 aromatic heterocycles. The molecule has 0 saturated heterocycles. The van der Waals surface area contributed by atoms with Crippen LogP contribution in [0.15, 0.2) is 30.7 Å². The molecule has 0 spiro atoms. The van der Waals surface area contributed by atoms with Crippen molar-refractivity contribution in [1.29, 1.82) is 0 Å². The molecule has 27 heavy (non-hydrogen) atoms. The number of hydrogen-bond acceptors (Lipinski definition) is 7. The average molecular weight is 371 g/mol. The van der Waals surface area contributed by atoms with E-state index in [9.17, 15) is 9.18 Å². The molecule has 1 N–H and O–H groups in total. The van der Waals surface area contributed by atoms with E-state index in [4.69, 9.17) is 9.47 Å². The molecule has 4 rings (SSSR count). The van der Waals surface area contributed by atoms with Crippen LogP contribution in [0, 0.1) is 5.82 Å². The number of hydrogen-bond donors (Lipinski definition) is 1. The van der Waals surface area contributed by atoms with Crippen molar-refractivity contribution in [3.05, 3.63) is 47.7 Å². The van der Waals surface area contributed by atoms with Gasteiger partial charge in [0.1, 0.15) is 17.2 Å². The summed E-state index contributed by atoms with van der Waals surface area (Å²) in [7, 11) is 1.50. The van der Waals surface area contributed by atoms with Gasteiger partial charge in [0, 0.05) is 11.8 Å². The Morgan fingerprint density at radius 1 is 1.41 bits per heavy atom. The second-order valence-electron chi connectivity index (χ2n) is 6.28. The number of nitrogens with one attached hydrogen (secondary N) is 1. The largest absolute Gasteiger partial charge is 0.481 e. The van der Waals surface area contributed by atoms with Gasteiger partial charge in [-0.05, 0) is 31.9 Å². The first-order valence-electron chi connectivity index (χ1n) is 8.56. The van der Waals surface area contributed by atoms with Gasteiger partial charge >= 0.3 is 5.97 Å². The van der Waals surface area contributed by atoms with Crippen LogP contribution in [-0.2, 0) is 10.3 Å². The van der Waals surface area contributed by atoms with E-state index in [0.29, 0.717) is 22.9 Å². The van der Waals surface area contributed by atoms with Crippen molar-refractivity contribution in [3.8, 4) is 5.88 Å². The highest BCUT2D eigenvalue weighted by atomic mass is 19.1. The quantitative estimate of drug-likeness (QED) is 0.666. The van der Waals surface area contributed by atoms with Crippen LogP contribution in [-0.4, -0.2) is 39.3 Å². The molecule has 0 bridgehead atoms. The van der Waals surface area contributed by atoms with E-state index in [1.165, 1.54) is 23.9 Å². The summed E-state index contributed by atoms with van der Waals surface area (Å²) in [6, 6.07) is 3.17. The molecule has 0 atom stereocenters. The molecule has 3 aromatic rings. The lowest BCUT2D eigenvalue weighted by Gasteiger charge is -2.20. The van der Waals surface area contributed by atoms with Gasteiger partial charge in [-0.3, -0.25) is 0 Å². The zero-order valence-corrected chi connectivity index (χ0v) is 14.9. The van der Waals surface area contributed by atoms with E-state index in [1.54, 1.807) is 19.2 Å². The molecule has 0 unspecified atom stereocenters. The van der Waals surface area contributed by atoms with Crippen LogP contribution in [0.4, 0.5) is 10.2 Å². The van der Waals surface area contributed by atoms with Crippen molar-refractivity contribution in [1.82, 2.24) is 19.6 Å². The number of fused-ring (bicyclic) bond motifs is 1. The Morgan fingerprint density at radius 2 is 2.22 bits per heavy atom. The Balaban J connectivity index is 1.68. The molecule has 0 aromatic carbocycles. The number of ether oxygens (including phenoxy) is 2. The maximum atomic E-state index is 13.7. The summed E-state index contributed by atoms with van der Waals surface area (Å²) in [6.07, 6.45) is 5.82. The van der Waals surface area contributed by atoms with Gasteiger partial charge in [-0.1, -0.05) is 0 Å². The van der Waals surface area contributed by atoms with Crippen LogP contribution >= 0.6 is 0 Å². The van der Waals surface area contributed by atoms with Gasteiger partial charge in [0.2, 0.25) is 5.88 Å². The van der Waals surface area contributed by atoms with Gasteiger partial charge in [0.25, 0.3) is 0 Å². The first-order chi connectivity index (χ1) is 13.1. The number of pyridine rings is 1. The number of anilines is 1. The first-order valence-corrected chi connectivity index (χ1v) is 8.56. The number of aromatic nitrogens is 4. The van der Waals surface area contributed by atoms with Gasteiger partial charge in [-0.15, -0.1) is 0 Å². The summed E-state index contributed by atoms with van der Waals surface area (Å²) in [4.78, 5) is 20.6. The summed E-state index contributed by atoms with van der Waals surface area (Å²) in [5.41, 5.74) is 0.815. The van der Waals surface area contributed by atoms with Crippen molar-refractivity contribution >= 4 is 17.4 Å². The number of nitrogens with zero attached hydrogens (tertiary/aromatic N) is 4. The number of halogens is 1. The lowest BCUT2D eigenvalue weighted by Crippen LogP contribution is -2.21. The Hall–Kier alpha value is -3.23. The number of rotatable bonds is 6. The van der Waals surface area contributed by atoms with Crippen LogP contribution < -0.4 is 10.1 Å². The Kier molecular flexibility index (Phi) is 4.14. The monoisotopic (exact) mass is 371 g/mol. The molecule has 1 fully saturated rings. The first kappa shape index (κ1) is 17.2. The molecule has 140 valence electrons. The molecule has 1 aliphatic carbocycles. The second-order valence-corrected chi connectivity index (χ2v) is 6.28. The maximum absolute atomic E-state index is 13.7. The van der Waals surface area contributed by atoms with Crippen molar-refractivity contribution in [2.75, 3.05) is 19.0 Å². The Bertz CT molecular complexity index is 1020. The minimum Gasteiger partial charge on any atom is -0.481 e. The fraction of sp³-hybridized carbons (Fsp3) is 0.333. The number of carbonyl (C=O) groups is 1. The zero-order chi connectivity index (χ0) is 19.0. The van der Waals surface area contributed by atoms with Gasteiger partial charge in [-0.2, -0.15) is 5.10 Å².